The van der Waals surface area contributed by atoms with Crippen molar-refractivity contribution >= 4 is 0 Å². The molecule has 4 atom stereocenters. The maximum absolute atomic E-state index is 5.70. The predicted molar refractivity (Wildman–Crippen MR) is 40.5 cm³/mol. The van der Waals surface area contributed by atoms with Gasteiger partial charge in [-0.25, -0.2) is 0 Å². The molecule has 0 radical (unpaired) electrons. The van der Waals surface area contributed by atoms with Crippen LogP contribution in [-0.2, 0) is 14.2 Å². The smallest absolute Gasteiger partial charge is 0.189 e. The van der Waals surface area contributed by atoms with E-state index in [0.29, 0.717) is 12.1 Å². The van der Waals surface area contributed by atoms with Crippen molar-refractivity contribution in [3.8, 4) is 0 Å². The van der Waals surface area contributed by atoms with Gasteiger partial charge < -0.3 is 19.5 Å². The van der Waals surface area contributed by atoms with E-state index in [-0.39, 0.29) is 12.4 Å². The fourth-order valence-corrected chi connectivity index (χ4v) is 2.09. The van der Waals surface area contributed by atoms with Gasteiger partial charge in [0.15, 0.2) is 12.1 Å². The Balaban J connectivity index is 1.81. The van der Waals surface area contributed by atoms with E-state index in [1.165, 1.54) is 0 Å². The van der Waals surface area contributed by atoms with Crippen LogP contribution in [0.2, 0.25) is 0 Å². The Labute approximate surface area is 71.2 Å². The van der Waals surface area contributed by atoms with Crippen LogP contribution in [0.4, 0.5) is 0 Å². The third-order valence-electron chi connectivity index (χ3n) is 2.71. The first kappa shape index (κ1) is 7.26. The molecule has 4 nitrogen and oxygen atoms in total. The van der Waals surface area contributed by atoms with Crippen LogP contribution in [0.15, 0.2) is 0 Å². The molecule has 3 saturated heterocycles. The minimum atomic E-state index is -0.475. The summed E-state index contributed by atoms with van der Waals surface area (Å²) in [6, 6.07) is 0.358. The molecule has 3 heterocycles. The Hall–Kier alpha value is -0.160. The van der Waals surface area contributed by atoms with Gasteiger partial charge in [-0.05, 0) is 13.8 Å². The zero-order chi connectivity index (χ0) is 8.34. The highest BCUT2D eigenvalue weighted by atomic mass is 16.8. The summed E-state index contributed by atoms with van der Waals surface area (Å²) in [7, 11) is 0. The fourth-order valence-electron chi connectivity index (χ4n) is 2.09. The standard InChI is InChI=1S/C8H13NO3/c1-8(2)11-6-5-4(3-9-5)10-7(6)12-8/h4-7,9H,3H2,1-2H3. The normalized spacial score (nSPS) is 54.5. The second-order valence-electron chi connectivity index (χ2n) is 4.08. The summed E-state index contributed by atoms with van der Waals surface area (Å²) >= 11 is 0. The Morgan fingerprint density at radius 1 is 1.33 bits per heavy atom. The van der Waals surface area contributed by atoms with Crippen LogP contribution in [-0.4, -0.2) is 36.9 Å². The van der Waals surface area contributed by atoms with Gasteiger partial charge in [0.1, 0.15) is 6.10 Å². The SMILES string of the molecule is CC1(C)OC2OC3CNC3C2O1. The third kappa shape index (κ3) is 0.808. The Bertz CT molecular complexity index is 218. The number of hydrogen-bond acceptors (Lipinski definition) is 4. The molecule has 3 fully saturated rings. The first-order valence-corrected chi connectivity index (χ1v) is 4.40. The summed E-state index contributed by atoms with van der Waals surface area (Å²) < 4.78 is 16.9. The Morgan fingerprint density at radius 3 is 2.83 bits per heavy atom. The van der Waals surface area contributed by atoms with Crippen molar-refractivity contribution in [2.45, 2.75) is 44.2 Å². The van der Waals surface area contributed by atoms with Crippen LogP contribution in [0.3, 0.4) is 0 Å². The first-order chi connectivity index (χ1) is 5.66. The monoisotopic (exact) mass is 171 g/mol. The minimum Gasteiger partial charge on any atom is -0.343 e. The molecular formula is C8H13NO3. The zero-order valence-electron chi connectivity index (χ0n) is 7.24. The van der Waals surface area contributed by atoms with Crippen LogP contribution in [0.1, 0.15) is 13.8 Å². The summed E-state index contributed by atoms with van der Waals surface area (Å²) in [5.41, 5.74) is 0. The van der Waals surface area contributed by atoms with Crippen molar-refractivity contribution in [3.05, 3.63) is 0 Å². The van der Waals surface area contributed by atoms with E-state index in [4.69, 9.17) is 14.2 Å². The molecule has 0 aromatic carbocycles. The molecule has 3 aliphatic rings. The summed E-state index contributed by atoms with van der Waals surface area (Å²) in [6.45, 7) is 4.77. The molecule has 0 bridgehead atoms. The van der Waals surface area contributed by atoms with Gasteiger partial charge in [-0.1, -0.05) is 0 Å². The van der Waals surface area contributed by atoms with Gasteiger partial charge in [-0.15, -0.1) is 0 Å². The lowest BCUT2D eigenvalue weighted by molar-refractivity contribution is -0.213. The number of ether oxygens (including phenoxy) is 3. The second kappa shape index (κ2) is 2.01. The van der Waals surface area contributed by atoms with Gasteiger partial charge in [0.05, 0.1) is 12.1 Å². The molecule has 68 valence electrons. The Kier molecular flexibility index (Phi) is 1.22. The molecule has 0 saturated carbocycles. The van der Waals surface area contributed by atoms with Gasteiger partial charge in [0, 0.05) is 6.54 Å². The molecule has 0 spiro atoms. The average Bonchev–Trinajstić information content (AvgIpc) is 2.26. The molecule has 3 aliphatic heterocycles. The van der Waals surface area contributed by atoms with Gasteiger partial charge in [-0.3, -0.25) is 0 Å². The third-order valence-corrected chi connectivity index (χ3v) is 2.71. The first-order valence-electron chi connectivity index (χ1n) is 4.40. The van der Waals surface area contributed by atoms with Gasteiger partial charge in [-0.2, -0.15) is 0 Å². The molecule has 0 aromatic heterocycles. The molecule has 0 amide bonds. The van der Waals surface area contributed by atoms with Gasteiger partial charge >= 0.3 is 0 Å². The lowest BCUT2D eigenvalue weighted by atomic mass is 10.0. The van der Waals surface area contributed by atoms with Crippen molar-refractivity contribution in [1.82, 2.24) is 5.32 Å². The average molecular weight is 171 g/mol. The molecule has 4 unspecified atom stereocenters. The van der Waals surface area contributed by atoms with E-state index in [2.05, 4.69) is 5.32 Å². The largest absolute Gasteiger partial charge is 0.343 e. The second-order valence-corrected chi connectivity index (χ2v) is 4.08. The van der Waals surface area contributed by atoms with E-state index in [0.717, 1.165) is 6.54 Å². The van der Waals surface area contributed by atoms with Crippen LogP contribution in [0.5, 0.6) is 0 Å². The topological polar surface area (TPSA) is 39.7 Å². The van der Waals surface area contributed by atoms with E-state index in [1.54, 1.807) is 0 Å². The Morgan fingerprint density at radius 2 is 2.17 bits per heavy atom. The number of rotatable bonds is 0. The van der Waals surface area contributed by atoms with Crippen LogP contribution >= 0.6 is 0 Å². The number of fused-ring (bicyclic) bond motifs is 3. The van der Waals surface area contributed by atoms with E-state index < -0.39 is 5.79 Å². The van der Waals surface area contributed by atoms with E-state index >= 15 is 0 Å². The van der Waals surface area contributed by atoms with Crippen LogP contribution < -0.4 is 5.32 Å². The highest BCUT2D eigenvalue weighted by Crippen LogP contribution is 2.39. The highest BCUT2D eigenvalue weighted by molar-refractivity contribution is 5.04. The lowest BCUT2D eigenvalue weighted by Crippen LogP contribution is -2.59. The van der Waals surface area contributed by atoms with Gasteiger partial charge in [0.25, 0.3) is 0 Å². The molecule has 4 heteroatoms. The van der Waals surface area contributed by atoms with Gasteiger partial charge in [0.2, 0.25) is 0 Å². The van der Waals surface area contributed by atoms with Crippen molar-refractivity contribution < 1.29 is 14.2 Å². The van der Waals surface area contributed by atoms with Crippen LogP contribution in [0.25, 0.3) is 0 Å². The van der Waals surface area contributed by atoms with Crippen molar-refractivity contribution in [3.63, 3.8) is 0 Å². The summed E-state index contributed by atoms with van der Waals surface area (Å²) in [6.07, 6.45) is 0.264. The molecule has 1 N–H and O–H groups in total. The number of hydrogen-bond donors (Lipinski definition) is 1. The molecule has 12 heavy (non-hydrogen) atoms. The quantitative estimate of drug-likeness (QED) is 0.549. The van der Waals surface area contributed by atoms with Crippen molar-refractivity contribution in [2.24, 2.45) is 0 Å². The zero-order valence-corrected chi connectivity index (χ0v) is 7.24. The number of nitrogens with one attached hydrogen (secondary N) is 1. The molecular weight excluding hydrogens is 158 g/mol. The fraction of sp³-hybridized carbons (Fsp3) is 1.00. The summed E-state index contributed by atoms with van der Waals surface area (Å²) in [5, 5.41) is 3.29. The van der Waals surface area contributed by atoms with Crippen LogP contribution in [0, 0.1) is 0 Å². The highest BCUT2D eigenvalue weighted by Gasteiger charge is 2.57. The molecule has 0 aromatic rings. The van der Waals surface area contributed by atoms with E-state index in [1.807, 2.05) is 13.8 Å². The minimum absolute atomic E-state index is 0.0961. The molecule has 0 aliphatic carbocycles. The van der Waals surface area contributed by atoms with Crippen molar-refractivity contribution in [2.75, 3.05) is 6.54 Å². The maximum Gasteiger partial charge on any atom is 0.189 e. The summed E-state index contributed by atoms with van der Waals surface area (Å²) in [4.78, 5) is 0. The molecule has 3 rings (SSSR count). The van der Waals surface area contributed by atoms with Crippen molar-refractivity contribution in [1.29, 1.82) is 0 Å². The lowest BCUT2D eigenvalue weighted by Gasteiger charge is -2.34. The maximum atomic E-state index is 5.70. The summed E-state index contributed by atoms with van der Waals surface area (Å²) in [5.74, 6) is -0.475. The predicted octanol–water partition coefficient (Wildman–Crippen LogP) is -0.165. The van der Waals surface area contributed by atoms with E-state index in [9.17, 15) is 0 Å².